The van der Waals surface area contributed by atoms with Gasteiger partial charge in [-0.1, -0.05) is 30.3 Å². The van der Waals surface area contributed by atoms with Crippen molar-refractivity contribution in [2.75, 3.05) is 32.8 Å². The molecule has 2 amide bonds. The van der Waals surface area contributed by atoms with Crippen LogP contribution in [-0.2, 0) is 25.6 Å². The van der Waals surface area contributed by atoms with Gasteiger partial charge in [0.25, 0.3) is 0 Å². The van der Waals surface area contributed by atoms with Crippen LogP contribution < -0.4 is 0 Å². The number of carbonyl (C=O) groups excluding carboxylic acids is 2. The van der Waals surface area contributed by atoms with Gasteiger partial charge in [0.15, 0.2) is 6.29 Å². The summed E-state index contributed by atoms with van der Waals surface area (Å²) in [6, 6.07) is 9.93. The first-order valence-electron chi connectivity index (χ1n) is 9.54. The summed E-state index contributed by atoms with van der Waals surface area (Å²) in [5.74, 6) is 0.197. The van der Waals surface area contributed by atoms with Gasteiger partial charge in [-0.3, -0.25) is 9.59 Å². The molecule has 0 N–H and O–H groups in total. The van der Waals surface area contributed by atoms with Crippen molar-refractivity contribution in [3.05, 3.63) is 35.9 Å². The summed E-state index contributed by atoms with van der Waals surface area (Å²) in [6.45, 7) is 3.82. The van der Waals surface area contributed by atoms with E-state index in [2.05, 4.69) is 0 Å². The number of benzene rings is 1. The predicted octanol–water partition coefficient (Wildman–Crippen LogP) is 1.65. The van der Waals surface area contributed by atoms with Crippen molar-refractivity contribution in [2.45, 2.75) is 32.1 Å². The smallest absolute Gasteiger partial charge is 0.228 e. The molecule has 1 aromatic carbocycles. The second-order valence-electron chi connectivity index (χ2n) is 7.46. The van der Waals surface area contributed by atoms with Crippen molar-refractivity contribution >= 4 is 11.8 Å². The molecule has 0 aliphatic carbocycles. The fraction of sp³-hybridized carbons (Fsp3) is 0.600. The number of hydrogen-bond acceptors (Lipinski definition) is 4. The Morgan fingerprint density at radius 2 is 1.88 bits per heavy atom. The van der Waals surface area contributed by atoms with Crippen LogP contribution in [0.3, 0.4) is 0 Å². The predicted molar refractivity (Wildman–Crippen MR) is 95.0 cm³/mol. The lowest BCUT2D eigenvalue weighted by Crippen LogP contribution is -2.46. The average molecular weight is 358 g/mol. The molecule has 1 aromatic rings. The standard InChI is InChI=1S/C20H26N2O4/c23-18-11-17(14-22(18)12-15-5-2-1-3-6-15)19(24)21-8-4-7-16(13-21)20-25-9-10-26-20/h1-3,5-6,16-17,20H,4,7-14H2. The van der Waals surface area contributed by atoms with Crippen molar-refractivity contribution in [1.82, 2.24) is 9.80 Å². The van der Waals surface area contributed by atoms with Gasteiger partial charge in [0.2, 0.25) is 11.8 Å². The van der Waals surface area contributed by atoms with E-state index in [-0.39, 0.29) is 29.9 Å². The number of carbonyl (C=O) groups is 2. The number of hydrogen-bond donors (Lipinski definition) is 0. The molecular formula is C20H26N2O4. The maximum Gasteiger partial charge on any atom is 0.228 e. The third-order valence-corrected chi connectivity index (χ3v) is 5.58. The van der Waals surface area contributed by atoms with Gasteiger partial charge in [-0.2, -0.15) is 0 Å². The van der Waals surface area contributed by atoms with Crippen LogP contribution in [0.1, 0.15) is 24.8 Å². The van der Waals surface area contributed by atoms with Crippen molar-refractivity contribution < 1.29 is 19.1 Å². The minimum atomic E-state index is -0.227. The Morgan fingerprint density at radius 1 is 1.12 bits per heavy atom. The van der Waals surface area contributed by atoms with Crippen LogP contribution in [-0.4, -0.2) is 60.8 Å². The second kappa shape index (κ2) is 7.76. The summed E-state index contributed by atoms with van der Waals surface area (Å²) in [5.41, 5.74) is 1.10. The molecule has 0 saturated carbocycles. The highest BCUT2D eigenvalue weighted by Gasteiger charge is 2.39. The average Bonchev–Trinajstić information content (AvgIpc) is 3.33. The molecule has 3 fully saturated rings. The van der Waals surface area contributed by atoms with Gasteiger partial charge in [-0.15, -0.1) is 0 Å². The Bertz CT molecular complexity index is 644. The van der Waals surface area contributed by atoms with E-state index in [1.54, 1.807) is 0 Å². The Balaban J connectivity index is 1.35. The molecule has 3 heterocycles. The highest BCUT2D eigenvalue weighted by atomic mass is 16.7. The van der Waals surface area contributed by atoms with Gasteiger partial charge in [0.1, 0.15) is 0 Å². The molecule has 6 nitrogen and oxygen atoms in total. The van der Waals surface area contributed by atoms with E-state index < -0.39 is 0 Å². The lowest BCUT2D eigenvalue weighted by molar-refractivity contribution is -0.143. The molecule has 3 aliphatic rings. The van der Waals surface area contributed by atoms with E-state index in [4.69, 9.17) is 9.47 Å². The molecule has 3 saturated heterocycles. The van der Waals surface area contributed by atoms with E-state index in [9.17, 15) is 9.59 Å². The van der Waals surface area contributed by atoms with Crippen LogP contribution in [0.4, 0.5) is 0 Å². The number of nitrogens with zero attached hydrogens (tertiary/aromatic N) is 2. The fourth-order valence-corrected chi connectivity index (χ4v) is 4.23. The van der Waals surface area contributed by atoms with E-state index in [1.807, 2.05) is 40.1 Å². The maximum atomic E-state index is 13.0. The van der Waals surface area contributed by atoms with Crippen molar-refractivity contribution in [1.29, 1.82) is 0 Å². The van der Waals surface area contributed by atoms with Crippen molar-refractivity contribution in [3.63, 3.8) is 0 Å². The Labute approximate surface area is 154 Å². The van der Waals surface area contributed by atoms with E-state index in [0.29, 0.717) is 39.3 Å². The SMILES string of the molecule is O=C1CC(C(=O)N2CCCC(C3OCCO3)C2)CN1Cc1ccccc1. The highest BCUT2D eigenvalue weighted by Crippen LogP contribution is 2.28. The quantitative estimate of drug-likeness (QED) is 0.821. The number of likely N-dealkylation sites (tertiary alicyclic amines) is 2. The summed E-state index contributed by atoms with van der Waals surface area (Å²) in [5, 5.41) is 0. The number of amides is 2. The Hall–Kier alpha value is -1.92. The summed E-state index contributed by atoms with van der Waals surface area (Å²) < 4.78 is 11.2. The van der Waals surface area contributed by atoms with Gasteiger partial charge in [0.05, 0.1) is 19.1 Å². The minimum Gasteiger partial charge on any atom is -0.350 e. The van der Waals surface area contributed by atoms with E-state index in [1.165, 1.54) is 0 Å². The van der Waals surface area contributed by atoms with E-state index in [0.717, 1.165) is 24.9 Å². The zero-order chi connectivity index (χ0) is 17.9. The maximum absolute atomic E-state index is 13.0. The molecule has 140 valence electrons. The summed E-state index contributed by atoms with van der Waals surface area (Å²) >= 11 is 0. The first kappa shape index (κ1) is 17.5. The molecule has 0 spiro atoms. The number of ether oxygens (including phenoxy) is 2. The minimum absolute atomic E-state index is 0.0724. The molecule has 4 rings (SSSR count). The van der Waals surface area contributed by atoms with Crippen LogP contribution in [0.2, 0.25) is 0 Å². The van der Waals surface area contributed by atoms with Gasteiger partial charge >= 0.3 is 0 Å². The zero-order valence-electron chi connectivity index (χ0n) is 15.0. The molecule has 0 radical (unpaired) electrons. The Kier molecular flexibility index (Phi) is 5.22. The third kappa shape index (κ3) is 3.76. The first-order valence-corrected chi connectivity index (χ1v) is 9.54. The molecular weight excluding hydrogens is 332 g/mol. The van der Waals surface area contributed by atoms with Gasteiger partial charge in [-0.25, -0.2) is 0 Å². The fourth-order valence-electron chi connectivity index (χ4n) is 4.23. The van der Waals surface area contributed by atoms with E-state index >= 15 is 0 Å². The molecule has 3 aliphatic heterocycles. The number of rotatable bonds is 4. The number of piperidine rings is 1. The third-order valence-electron chi connectivity index (χ3n) is 5.58. The topological polar surface area (TPSA) is 59.1 Å². The van der Waals surface area contributed by atoms with Crippen molar-refractivity contribution in [3.8, 4) is 0 Å². The van der Waals surface area contributed by atoms with Gasteiger partial charge in [0, 0.05) is 38.5 Å². The van der Waals surface area contributed by atoms with Gasteiger partial charge in [-0.05, 0) is 18.4 Å². The lowest BCUT2D eigenvalue weighted by atomic mass is 9.95. The Morgan fingerprint density at radius 3 is 2.65 bits per heavy atom. The largest absolute Gasteiger partial charge is 0.350 e. The molecule has 0 bridgehead atoms. The van der Waals surface area contributed by atoms with Crippen molar-refractivity contribution in [2.24, 2.45) is 11.8 Å². The second-order valence-corrected chi connectivity index (χ2v) is 7.46. The normalized spacial score (nSPS) is 27.3. The van der Waals surface area contributed by atoms with Crippen LogP contribution >= 0.6 is 0 Å². The zero-order valence-corrected chi connectivity index (χ0v) is 15.0. The molecule has 6 heteroatoms. The molecule has 2 atom stereocenters. The monoisotopic (exact) mass is 358 g/mol. The highest BCUT2D eigenvalue weighted by molar-refractivity contribution is 5.89. The van der Waals surface area contributed by atoms with Crippen LogP contribution in [0.15, 0.2) is 30.3 Å². The molecule has 0 aromatic heterocycles. The summed E-state index contributed by atoms with van der Waals surface area (Å²) in [7, 11) is 0. The molecule has 2 unspecified atom stereocenters. The lowest BCUT2D eigenvalue weighted by Gasteiger charge is -2.36. The molecule has 26 heavy (non-hydrogen) atoms. The van der Waals surface area contributed by atoms with Crippen LogP contribution in [0.25, 0.3) is 0 Å². The van der Waals surface area contributed by atoms with Crippen LogP contribution in [0, 0.1) is 11.8 Å². The first-order chi connectivity index (χ1) is 12.7. The van der Waals surface area contributed by atoms with Crippen LogP contribution in [0.5, 0.6) is 0 Å². The summed E-state index contributed by atoms with van der Waals surface area (Å²) in [6.07, 6.45) is 2.14. The van der Waals surface area contributed by atoms with Gasteiger partial charge < -0.3 is 19.3 Å². The summed E-state index contributed by atoms with van der Waals surface area (Å²) in [4.78, 5) is 29.1.